The van der Waals surface area contributed by atoms with Gasteiger partial charge in [-0.1, -0.05) is 26.0 Å². The molecule has 33 heavy (non-hydrogen) atoms. The summed E-state index contributed by atoms with van der Waals surface area (Å²) in [4.78, 5) is 15.1. The number of hydrogen-bond donors (Lipinski definition) is 3. The Hall–Kier alpha value is -3.38. The topological polar surface area (TPSA) is 82.9 Å². The van der Waals surface area contributed by atoms with Gasteiger partial charge in [-0.25, -0.2) is 9.97 Å². The van der Waals surface area contributed by atoms with E-state index < -0.39 is 0 Å². The number of pyridine rings is 2. The van der Waals surface area contributed by atoms with Crippen molar-refractivity contribution in [2.75, 3.05) is 36.8 Å². The highest BCUT2D eigenvalue weighted by Gasteiger charge is 2.15. The lowest BCUT2D eigenvalue weighted by Gasteiger charge is -2.28. The lowest BCUT2D eigenvalue weighted by Crippen LogP contribution is -2.43. The average Bonchev–Trinajstić information content (AvgIpc) is 3.19. The number of aryl methyl sites for hydroxylation is 2. The number of nitrogens with one attached hydrogen (secondary N) is 2. The van der Waals surface area contributed by atoms with Gasteiger partial charge in [0.25, 0.3) is 0 Å². The van der Waals surface area contributed by atoms with Crippen molar-refractivity contribution in [3.8, 4) is 22.4 Å². The zero-order chi connectivity index (χ0) is 23.5. The zero-order valence-electron chi connectivity index (χ0n) is 20.3. The van der Waals surface area contributed by atoms with Crippen LogP contribution in [-0.4, -0.2) is 41.1 Å². The number of aromatic nitrogens is 3. The molecule has 0 amide bonds. The van der Waals surface area contributed by atoms with Crippen LogP contribution >= 0.6 is 0 Å². The Bertz CT molecular complexity index is 1250. The van der Waals surface area contributed by atoms with Gasteiger partial charge in [0.05, 0.1) is 0 Å². The summed E-state index contributed by atoms with van der Waals surface area (Å²) in [5, 5.41) is 4.60. The van der Waals surface area contributed by atoms with Gasteiger partial charge in [0, 0.05) is 71.4 Å². The van der Waals surface area contributed by atoms with Crippen LogP contribution in [0.25, 0.3) is 33.3 Å². The van der Waals surface area contributed by atoms with Crippen molar-refractivity contribution < 1.29 is 0 Å². The summed E-state index contributed by atoms with van der Waals surface area (Å²) in [6.07, 6.45) is 1.98. The van der Waals surface area contributed by atoms with Gasteiger partial charge in [-0.15, -0.1) is 0 Å². The summed E-state index contributed by atoms with van der Waals surface area (Å²) in [6.45, 7) is 14.2. The van der Waals surface area contributed by atoms with Crippen LogP contribution in [0.3, 0.4) is 0 Å². The highest BCUT2D eigenvalue weighted by atomic mass is 15.2. The lowest BCUT2D eigenvalue weighted by molar-refractivity contribution is 0.585. The first kappa shape index (κ1) is 22.8. The Balaban J connectivity index is 0.00000126. The molecule has 0 atom stereocenters. The lowest BCUT2D eigenvalue weighted by atomic mass is 10.0. The molecule has 1 aliphatic heterocycles. The third kappa shape index (κ3) is 4.44. The molecule has 4 heterocycles. The molecule has 1 fully saturated rings. The fourth-order valence-corrected chi connectivity index (χ4v) is 4.45. The molecule has 0 bridgehead atoms. The number of nitrogens with zero attached hydrogens (tertiary/aromatic N) is 3. The van der Waals surface area contributed by atoms with E-state index in [1.165, 1.54) is 10.9 Å². The summed E-state index contributed by atoms with van der Waals surface area (Å²) in [5.41, 5.74) is 14.9. The van der Waals surface area contributed by atoms with E-state index in [2.05, 4.69) is 63.5 Å². The molecular weight excluding hydrogens is 408 g/mol. The molecule has 4 aromatic rings. The Morgan fingerprint density at radius 3 is 2.33 bits per heavy atom. The number of hydrogen-bond acceptors (Lipinski definition) is 5. The monoisotopic (exact) mass is 442 g/mol. The normalized spacial score (nSPS) is 13.7. The zero-order valence-corrected chi connectivity index (χ0v) is 20.3. The van der Waals surface area contributed by atoms with Crippen LogP contribution < -0.4 is 16.0 Å². The summed E-state index contributed by atoms with van der Waals surface area (Å²) >= 11 is 0. The Labute approximate surface area is 196 Å². The minimum atomic E-state index is 0.587. The summed E-state index contributed by atoms with van der Waals surface area (Å²) in [6, 6.07) is 13.0. The van der Waals surface area contributed by atoms with Crippen molar-refractivity contribution in [3.05, 3.63) is 59.4 Å². The standard InChI is InChI=1S/C25H28N6.C2H6/c1-15-12-21(17(3)25(26)29-15)24-16(2)20-6-4-18(13-22(20)30-24)19-5-7-23(28-14-19)31-10-8-27-9-11-31;1-2/h4-7,12-14,27,30H,8-11H2,1-3H3,(H2,26,29);1-2H3. The van der Waals surface area contributed by atoms with Crippen LogP contribution in [0.4, 0.5) is 11.6 Å². The van der Waals surface area contributed by atoms with Gasteiger partial charge >= 0.3 is 0 Å². The van der Waals surface area contributed by atoms with Crippen LogP contribution in [0.15, 0.2) is 42.6 Å². The van der Waals surface area contributed by atoms with Gasteiger partial charge in [0.2, 0.25) is 0 Å². The van der Waals surface area contributed by atoms with Crippen LogP contribution in [0.5, 0.6) is 0 Å². The third-order valence-corrected chi connectivity index (χ3v) is 6.29. The van der Waals surface area contributed by atoms with E-state index in [1.54, 1.807) is 0 Å². The second kappa shape index (κ2) is 9.63. The highest BCUT2D eigenvalue weighted by Crippen LogP contribution is 2.35. The van der Waals surface area contributed by atoms with Gasteiger partial charge in [-0.3, -0.25) is 0 Å². The predicted molar refractivity (Wildman–Crippen MR) is 140 cm³/mol. The number of anilines is 2. The molecule has 1 saturated heterocycles. The maximum atomic E-state index is 6.13. The predicted octanol–water partition coefficient (Wildman–Crippen LogP) is 5.24. The van der Waals surface area contributed by atoms with Crippen molar-refractivity contribution in [1.82, 2.24) is 20.3 Å². The smallest absolute Gasteiger partial charge is 0.128 e. The van der Waals surface area contributed by atoms with Crippen molar-refractivity contribution >= 4 is 22.5 Å². The van der Waals surface area contributed by atoms with E-state index in [1.807, 2.05) is 33.9 Å². The molecule has 0 unspecified atom stereocenters. The number of H-pyrrole nitrogens is 1. The molecule has 6 heteroatoms. The number of fused-ring (bicyclic) bond motifs is 1. The van der Waals surface area contributed by atoms with Crippen LogP contribution in [0, 0.1) is 20.8 Å². The molecule has 0 saturated carbocycles. The van der Waals surface area contributed by atoms with E-state index in [-0.39, 0.29) is 0 Å². The molecule has 1 aliphatic rings. The van der Waals surface area contributed by atoms with Crippen molar-refractivity contribution in [1.29, 1.82) is 0 Å². The van der Waals surface area contributed by atoms with Gasteiger partial charge in [0.15, 0.2) is 0 Å². The first-order valence-electron chi connectivity index (χ1n) is 11.8. The summed E-state index contributed by atoms with van der Waals surface area (Å²) in [7, 11) is 0. The molecular formula is C27H34N6. The van der Waals surface area contributed by atoms with E-state index in [4.69, 9.17) is 10.7 Å². The third-order valence-electron chi connectivity index (χ3n) is 6.29. The maximum absolute atomic E-state index is 6.13. The van der Waals surface area contributed by atoms with Crippen LogP contribution in [-0.2, 0) is 0 Å². The minimum absolute atomic E-state index is 0.587. The Kier molecular flexibility index (Phi) is 6.65. The van der Waals surface area contributed by atoms with Gasteiger partial charge in [0.1, 0.15) is 11.6 Å². The summed E-state index contributed by atoms with van der Waals surface area (Å²) in [5.74, 6) is 1.63. The number of piperazine rings is 1. The van der Waals surface area contributed by atoms with E-state index in [0.717, 1.165) is 71.2 Å². The van der Waals surface area contributed by atoms with Crippen LogP contribution in [0.1, 0.15) is 30.7 Å². The second-order valence-corrected chi connectivity index (χ2v) is 8.35. The highest BCUT2D eigenvalue weighted by molar-refractivity contribution is 5.94. The molecule has 5 rings (SSSR count). The molecule has 0 spiro atoms. The molecule has 0 radical (unpaired) electrons. The number of aromatic amines is 1. The Morgan fingerprint density at radius 1 is 0.909 bits per heavy atom. The van der Waals surface area contributed by atoms with Gasteiger partial charge in [-0.05, 0) is 56.2 Å². The second-order valence-electron chi connectivity index (χ2n) is 8.35. The fraction of sp³-hybridized carbons (Fsp3) is 0.333. The fourth-order valence-electron chi connectivity index (χ4n) is 4.45. The number of benzene rings is 1. The average molecular weight is 443 g/mol. The van der Waals surface area contributed by atoms with Gasteiger partial charge in [-0.2, -0.15) is 0 Å². The van der Waals surface area contributed by atoms with Crippen molar-refractivity contribution in [2.45, 2.75) is 34.6 Å². The van der Waals surface area contributed by atoms with Crippen molar-refractivity contribution in [3.63, 3.8) is 0 Å². The van der Waals surface area contributed by atoms with E-state index in [9.17, 15) is 0 Å². The number of nitrogens with two attached hydrogens (primary N) is 1. The van der Waals surface area contributed by atoms with Crippen LogP contribution in [0.2, 0.25) is 0 Å². The van der Waals surface area contributed by atoms with E-state index >= 15 is 0 Å². The quantitative estimate of drug-likeness (QED) is 0.404. The molecule has 1 aromatic carbocycles. The number of nitrogen functional groups attached to an aromatic ring is 1. The molecule has 4 N–H and O–H groups in total. The first-order valence-corrected chi connectivity index (χ1v) is 11.8. The largest absolute Gasteiger partial charge is 0.383 e. The molecule has 6 nitrogen and oxygen atoms in total. The molecule has 172 valence electrons. The van der Waals surface area contributed by atoms with Crippen molar-refractivity contribution in [2.24, 2.45) is 0 Å². The first-order chi connectivity index (χ1) is 16.0. The SMILES string of the molecule is CC.Cc1cc(-c2[nH]c3cc(-c4ccc(N5CCNCC5)nc4)ccc3c2C)c(C)c(N)n1. The molecule has 0 aliphatic carbocycles. The Morgan fingerprint density at radius 2 is 1.64 bits per heavy atom. The number of rotatable bonds is 3. The molecule has 3 aromatic heterocycles. The van der Waals surface area contributed by atoms with Gasteiger partial charge < -0.3 is 20.9 Å². The minimum Gasteiger partial charge on any atom is -0.383 e. The maximum Gasteiger partial charge on any atom is 0.128 e. The summed E-state index contributed by atoms with van der Waals surface area (Å²) < 4.78 is 0. The van der Waals surface area contributed by atoms with E-state index in [0.29, 0.717) is 5.82 Å².